The summed E-state index contributed by atoms with van der Waals surface area (Å²) in [5.41, 5.74) is 5.53. The molecular formula is C22H30N4O2. The number of hydrogen-bond acceptors (Lipinski definition) is 5. The zero-order chi connectivity index (χ0) is 19.9. The van der Waals surface area contributed by atoms with Crippen molar-refractivity contribution in [3.63, 3.8) is 0 Å². The van der Waals surface area contributed by atoms with E-state index < -0.39 is 0 Å². The lowest BCUT2D eigenvalue weighted by molar-refractivity contribution is 0.0943. The lowest BCUT2D eigenvalue weighted by Gasteiger charge is -2.38. The van der Waals surface area contributed by atoms with Crippen LogP contribution in [0.1, 0.15) is 28.0 Å². The van der Waals surface area contributed by atoms with Crippen molar-refractivity contribution >= 4 is 17.3 Å². The highest BCUT2D eigenvalue weighted by atomic mass is 16.5. The number of nitrogens with zero attached hydrogens (tertiary/aromatic N) is 3. The number of carbonyl (C=O) groups excluding carboxylic acids is 1. The summed E-state index contributed by atoms with van der Waals surface area (Å²) in [6.45, 7) is 9.35. The van der Waals surface area contributed by atoms with Crippen LogP contribution in [0.25, 0.3) is 0 Å². The third-order valence-electron chi connectivity index (χ3n) is 5.35. The molecule has 0 unspecified atom stereocenters. The van der Waals surface area contributed by atoms with E-state index >= 15 is 0 Å². The molecule has 0 radical (unpaired) electrons. The van der Waals surface area contributed by atoms with Gasteiger partial charge in [0.1, 0.15) is 5.69 Å². The molecular weight excluding hydrogens is 352 g/mol. The molecule has 0 saturated carbocycles. The first kappa shape index (κ1) is 20.1. The van der Waals surface area contributed by atoms with Gasteiger partial charge in [-0.15, -0.1) is 0 Å². The molecule has 150 valence electrons. The first-order chi connectivity index (χ1) is 13.6. The van der Waals surface area contributed by atoms with Gasteiger partial charge in [-0.05, 0) is 49.6 Å². The van der Waals surface area contributed by atoms with Crippen molar-refractivity contribution in [1.29, 1.82) is 0 Å². The summed E-state index contributed by atoms with van der Waals surface area (Å²) in [6.07, 6.45) is 2.51. The molecule has 0 atom stereocenters. The SMILES string of the molecule is COCCCNC(=O)c1cc(N2CCN(c3cccc(C)c3C)CC2)ccn1. The molecule has 28 heavy (non-hydrogen) atoms. The number of amides is 1. The Morgan fingerprint density at radius 3 is 2.64 bits per heavy atom. The maximum absolute atomic E-state index is 12.3. The Kier molecular flexibility index (Phi) is 6.87. The molecule has 1 aliphatic heterocycles. The topological polar surface area (TPSA) is 57.7 Å². The van der Waals surface area contributed by atoms with Gasteiger partial charge in [-0.2, -0.15) is 0 Å². The summed E-state index contributed by atoms with van der Waals surface area (Å²) in [5.74, 6) is -0.132. The number of anilines is 2. The first-order valence-electron chi connectivity index (χ1n) is 9.89. The first-order valence-corrected chi connectivity index (χ1v) is 9.89. The van der Waals surface area contributed by atoms with Gasteiger partial charge < -0.3 is 19.9 Å². The van der Waals surface area contributed by atoms with Crippen LogP contribution in [0, 0.1) is 13.8 Å². The average molecular weight is 383 g/mol. The standard InChI is InChI=1S/C22H30N4O2/c1-17-6-4-7-21(18(17)2)26-13-11-25(12-14-26)19-8-10-23-20(16-19)22(27)24-9-5-15-28-3/h4,6-8,10,16H,5,9,11-15H2,1-3H3,(H,24,27). The third-order valence-corrected chi connectivity index (χ3v) is 5.35. The predicted molar refractivity (Wildman–Crippen MR) is 113 cm³/mol. The van der Waals surface area contributed by atoms with Gasteiger partial charge in [0.05, 0.1) is 0 Å². The molecule has 1 aromatic heterocycles. The second-order valence-corrected chi connectivity index (χ2v) is 7.19. The summed E-state index contributed by atoms with van der Waals surface area (Å²) in [6, 6.07) is 10.4. The number of nitrogens with one attached hydrogen (secondary N) is 1. The zero-order valence-corrected chi connectivity index (χ0v) is 17.1. The van der Waals surface area contributed by atoms with Crippen LogP contribution in [0.3, 0.4) is 0 Å². The van der Waals surface area contributed by atoms with Gasteiger partial charge in [-0.3, -0.25) is 9.78 Å². The van der Waals surface area contributed by atoms with Crippen molar-refractivity contribution in [3.05, 3.63) is 53.3 Å². The number of carbonyl (C=O) groups is 1. The van der Waals surface area contributed by atoms with E-state index in [1.807, 2.05) is 12.1 Å². The average Bonchev–Trinajstić information content (AvgIpc) is 2.73. The van der Waals surface area contributed by atoms with Gasteiger partial charge in [0.2, 0.25) is 0 Å². The molecule has 0 bridgehead atoms. The fourth-order valence-corrected chi connectivity index (χ4v) is 3.53. The fourth-order valence-electron chi connectivity index (χ4n) is 3.53. The highest BCUT2D eigenvalue weighted by molar-refractivity contribution is 5.93. The Bertz CT molecular complexity index is 801. The molecule has 6 heteroatoms. The van der Waals surface area contributed by atoms with E-state index in [2.05, 4.69) is 52.1 Å². The van der Waals surface area contributed by atoms with Crippen molar-refractivity contribution in [2.75, 3.05) is 56.2 Å². The molecule has 2 aromatic rings. The van der Waals surface area contributed by atoms with Crippen LogP contribution < -0.4 is 15.1 Å². The Morgan fingerprint density at radius 2 is 1.89 bits per heavy atom. The second kappa shape index (κ2) is 9.55. The van der Waals surface area contributed by atoms with Gasteiger partial charge in [-0.1, -0.05) is 12.1 Å². The largest absolute Gasteiger partial charge is 0.385 e. The molecule has 2 heterocycles. The molecule has 1 N–H and O–H groups in total. The molecule has 6 nitrogen and oxygen atoms in total. The summed E-state index contributed by atoms with van der Waals surface area (Å²) in [7, 11) is 1.66. The Balaban J connectivity index is 1.60. The van der Waals surface area contributed by atoms with Crippen molar-refractivity contribution in [2.24, 2.45) is 0 Å². The van der Waals surface area contributed by atoms with Gasteiger partial charge >= 0.3 is 0 Å². The Hall–Kier alpha value is -2.60. The number of pyridine rings is 1. The maximum Gasteiger partial charge on any atom is 0.269 e. The monoisotopic (exact) mass is 382 g/mol. The summed E-state index contributed by atoms with van der Waals surface area (Å²) < 4.78 is 5.00. The quantitative estimate of drug-likeness (QED) is 0.747. The van der Waals surface area contributed by atoms with Crippen LogP contribution in [0.2, 0.25) is 0 Å². The number of benzene rings is 1. The van der Waals surface area contributed by atoms with Crippen LogP contribution in [0.4, 0.5) is 11.4 Å². The number of ether oxygens (including phenoxy) is 1. The molecule has 0 spiro atoms. The van der Waals surface area contributed by atoms with Crippen LogP contribution in [0.5, 0.6) is 0 Å². The maximum atomic E-state index is 12.3. The summed E-state index contributed by atoms with van der Waals surface area (Å²) >= 11 is 0. The molecule has 1 saturated heterocycles. The molecule has 1 aromatic carbocycles. The summed E-state index contributed by atoms with van der Waals surface area (Å²) in [5, 5.41) is 2.90. The van der Waals surface area contributed by atoms with Crippen molar-refractivity contribution in [2.45, 2.75) is 20.3 Å². The van der Waals surface area contributed by atoms with Crippen LogP contribution >= 0.6 is 0 Å². The minimum Gasteiger partial charge on any atom is -0.385 e. The number of piperazine rings is 1. The van der Waals surface area contributed by atoms with E-state index in [0.717, 1.165) is 38.3 Å². The van der Waals surface area contributed by atoms with E-state index in [4.69, 9.17) is 4.74 Å². The van der Waals surface area contributed by atoms with Crippen molar-refractivity contribution in [3.8, 4) is 0 Å². The van der Waals surface area contributed by atoms with E-state index in [-0.39, 0.29) is 5.91 Å². The predicted octanol–water partition coefficient (Wildman–Crippen LogP) is 2.79. The van der Waals surface area contributed by atoms with Gasteiger partial charge in [0.25, 0.3) is 5.91 Å². The van der Waals surface area contributed by atoms with Crippen molar-refractivity contribution in [1.82, 2.24) is 10.3 Å². The van der Waals surface area contributed by atoms with E-state index in [9.17, 15) is 4.79 Å². The second-order valence-electron chi connectivity index (χ2n) is 7.19. The lowest BCUT2D eigenvalue weighted by Crippen LogP contribution is -2.46. The minimum atomic E-state index is -0.132. The molecule has 0 aliphatic carbocycles. The van der Waals surface area contributed by atoms with Crippen LogP contribution in [-0.4, -0.2) is 57.3 Å². The highest BCUT2D eigenvalue weighted by Crippen LogP contribution is 2.25. The number of rotatable bonds is 7. The van der Waals surface area contributed by atoms with Gasteiger partial charge in [-0.25, -0.2) is 0 Å². The van der Waals surface area contributed by atoms with E-state index in [1.165, 1.54) is 16.8 Å². The number of hydrogen-bond donors (Lipinski definition) is 1. The van der Waals surface area contributed by atoms with Crippen LogP contribution in [-0.2, 0) is 4.74 Å². The normalized spacial score (nSPS) is 14.2. The van der Waals surface area contributed by atoms with Gasteiger partial charge in [0, 0.05) is 64.0 Å². The molecule has 1 amide bonds. The zero-order valence-electron chi connectivity index (χ0n) is 17.1. The number of methoxy groups -OCH3 is 1. The molecule has 1 aliphatic rings. The lowest BCUT2D eigenvalue weighted by atomic mass is 10.1. The fraction of sp³-hybridized carbons (Fsp3) is 0.455. The smallest absolute Gasteiger partial charge is 0.269 e. The van der Waals surface area contributed by atoms with E-state index in [1.54, 1.807) is 13.3 Å². The number of aryl methyl sites for hydroxylation is 1. The van der Waals surface area contributed by atoms with Crippen LogP contribution in [0.15, 0.2) is 36.5 Å². The van der Waals surface area contributed by atoms with E-state index in [0.29, 0.717) is 18.8 Å². The van der Waals surface area contributed by atoms with Crippen molar-refractivity contribution < 1.29 is 9.53 Å². The minimum absolute atomic E-state index is 0.132. The van der Waals surface area contributed by atoms with Gasteiger partial charge in [0.15, 0.2) is 0 Å². The highest BCUT2D eigenvalue weighted by Gasteiger charge is 2.20. The summed E-state index contributed by atoms with van der Waals surface area (Å²) in [4.78, 5) is 21.3. The molecule has 1 fully saturated rings. The molecule has 3 rings (SSSR count). The third kappa shape index (κ3) is 4.81. The Morgan fingerprint density at radius 1 is 1.14 bits per heavy atom. The number of aromatic nitrogens is 1. The Labute approximate surface area is 167 Å².